The molecular weight excluding hydrogens is 497 g/mol. The van der Waals surface area contributed by atoms with E-state index in [0.29, 0.717) is 6.61 Å². The number of fused-ring (bicyclic) bond motifs is 5. The molecule has 3 aromatic carbocycles. The fraction of sp³-hybridized carbons (Fsp3) is 0.382. The van der Waals surface area contributed by atoms with Crippen LogP contribution in [0.15, 0.2) is 78.9 Å². The van der Waals surface area contributed by atoms with Crippen molar-refractivity contribution in [2.24, 2.45) is 0 Å². The van der Waals surface area contributed by atoms with Gasteiger partial charge in [0.1, 0.15) is 6.61 Å². The molecule has 204 valence electrons. The van der Waals surface area contributed by atoms with Crippen molar-refractivity contribution in [1.29, 1.82) is 0 Å². The molecule has 40 heavy (non-hydrogen) atoms. The molecule has 2 bridgehead atoms. The molecule has 0 N–H and O–H groups in total. The lowest BCUT2D eigenvalue weighted by atomic mass is 9.78. The Balaban J connectivity index is 1.04. The Morgan fingerprint density at radius 2 is 1.48 bits per heavy atom. The Hall–Kier alpha value is -3.35. The van der Waals surface area contributed by atoms with E-state index in [1.807, 2.05) is 4.90 Å². The smallest absolute Gasteiger partial charge is 0.448 e. The number of hydrogen-bond acceptors (Lipinski definition) is 4. The van der Waals surface area contributed by atoms with Gasteiger partial charge in [-0.05, 0) is 85.8 Å². The number of nitrogens with zero attached hydrogens (tertiary/aromatic N) is 1. The SMILES string of the molecule is CC1(C)OB(c2ccc(C3=CC4CCC(C3)N4C(=O)OCC3c4ccccc4-c4ccccc43)cc2)OC1(C)C. The van der Waals surface area contributed by atoms with E-state index in [-0.39, 0.29) is 42.4 Å². The van der Waals surface area contributed by atoms with Gasteiger partial charge in [0.05, 0.1) is 17.2 Å². The third-order valence-electron chi connectivity index (χ3n) is 9.75. The third kappa shape index (κ3) is 4.12. The Bertz CT molecular complexity index is 1430. The van der Waals surface area contributed by atoms with E-state index in [4.69, 9.17) is 14.0 Å². The van der Waals surface area contributed by atoms with E-state index in [9.17, 15) is 4.79 Å². The monoisotopic (exact) mass is 533 g/mol. The van der Waals surface area contributed by atoms with Gasteiger partial charge in [0.15, 0.2) is 0 Å². The predicted octanol–water partition coefficient (Wildman–Crippen LogP) is 6.56. The van der Waals surface area contributed by atoms with Crippen LogP contribution >= 0.6 is 0 Å². The molecule has 1 amide bonds. The van der Waals surface area contributed by atoms with Crippen molar-refractivity contribution in [1.82, 2.24) is 4.90 Å². The van der Waals surface area contributed by atoms with Crippen LogP contribution in [0, 0.1) is 0 Å². The second-order valence-electron chi connectivity index (χ2n) is 12.6. The number of amides is 1. The lowest BCUT2D eigenvalue weighted by molar-refractivity contribution is 0.00578. The van der Waals surface area contributed by atoms with Gasteiger partial charge in [0, 0.05) is 12.0 Å². The molecule has 0 aromatic heterocycles. The lowest BCUT2D eigenvalue weighted by Gasteiger charge is -2.33. The molecule has 0 spiro atoms. The highest BCUT2D eigenvalue weighted by Crippen LogP contribution is 2.45. The maximum Gasteiger partial charge on any atom is 0.494 e. The minimum absolute atomic E-state index is 0.0761. The van der Waals surface area contributed by atoms with Gasteiger partial charge in [-0.15, -0.1) is 0 Å². The van der Waals surface area contributed by atoms with Crippen molar-refractivity contribution in [3.8, 4) is 11.1 Å². The molecule has 3 aliphatic heterocycles. The zero-order valence-electron chi connectivity index (χ0n) is 23.7. The third-order valence-corrected chi connectivity index (χ3v) is 9.75. The van der Waals surface area contributed by atoms with Gasteiger partial charge in [-0.1, -0.05) is 78.9 Å². The van der Waals surface area contributed by atoms with Crippen LogP contribution in [0.3, 0.4) is 0 Å². The van der Waals surface area contributed by atoms with Crippen molar-refractivity contribution in [2.45, 2.75) is 76.2 Å². The molecule has 0 radical (unpaired) electrons. The zero-order valence-corrected chi connectivity index (χ0v) is 23.7. The number of benzene rings is 3. The summed E-state index contributed by atoms with van der Waals surface area (Å²) >= 11 is 0. The maximum atomic E-state index is 13.4. The van der Waals surface area contributed by atoms with Gasteiger partial charge in [-0.2, -0.15) is 0 Å². The number of rotatable bonds is 4. The van der Waals surface area contributed by atoms with Crippen LogP contribution < -0.4 is 5.46 Å². The Kier molecular flexibility index (Phi) is 5.99. The van der Waals surface area contributed by atoms with Gasteiger partial charge < -0.3 is 14.0 Å². The molecule has 4 aliphatic rings. The van der Waals surface area contributed by atoms with Gasteiger partial charge in [-0.25, -0.2) is 4.79 Å². The average molecular weight is 533 g/mol. The fourth-order valence-electron chi connectivity index (χ4n) is 6.83. The summed E-state index contributed by atoms with van der Waals surface area (Å²) in [7, 11) is -0.361. The topological polar surface area (TPSA) is 48.0 Å². The van der Waals surface area contributed by atoms with Crippen LogP contribution in [0.4, 0.5) is 4.79 Å². The van der Waals surface area contributed by atoms with Crippen molar-refractivity contribution in [3.63, 3.8) is 0 Å². The van der Waals surface area contributed by atoms with Crippen LogP contribution in [0.25, 0.3) is 16.7 Å². The maximum absolute atomic E-state index is 13.4. The number of carbonyl (C=O) groups is 1. The zero-order chi connectivity index (χ0) is 27.6. The summed E-state index contributed by atoms with van der Waals surface area (Å²) in [6, 6.07) is 25.7. The van der Waals surface area contributed by atoms with Crippen LogP contribution in [0.5, 0.6) is 0 Å². The summed E-state index contributed by atoms with van der Waals surface area (Å²) in [6.45, 7) is 8.66. The summed E-state index contributed by atoms with van der Waals surface area (Å²) in [6.07, 6.45) is 4.90. The van der Waals surface area contributed by atoms with Gasteiger partial charge in [0.2, 0.25) is 0 Å². The summed E-state index contributed by atoms with van der Waals surface area (Å²) in [5.41, 5.74) is 7.78. The number of ether oxygens (including phenoxy) is 1. The van der Waals surface area contributed by atoms with Gasteiger partial charge in [-0.3, -0.25) is 4.90 Å². The summed E-state index contributed by atoms with van der Waals surface area (Å²) in [4.78, 5) is 15.4. The second-order valence-corrected chi connectivity index (χ2v) is 12.6. The molecule has 3 aromatic rings. The van der Waals surface area contributed by atoms with E-state index in [2.05, 4.69) is 107 Å². The fourth-order valence-corrected chi connectivity index (χ4v) is 6.83. The number of carbonyl (C=O) groups excluding carboxylic acids is 1. The highest BCUT2D eigenvalue weighted by Gasteiger charge is 2.51. The first kappa shape index (κ1) is 25.6. The second kappa shape index (κ2) is 9.36. The molecule has 2 unspecified atom stereocenters. The van der Waals surface area contributed by atoms with Crippen LogP contribution in [-0.2, 0) is 14.0 Å². The number of hydrogen-bond donors (Lipinski definition) is 0. The van der Waals surface area contributed by atoms with Crippen LogP contribution in [-0.4, -0.2) is 48.0 Å². The molecule has 5 nitrogen and oxygen atoms in total. The standard InChI is InChI=1S/C34H36BNO4/c1-33(2)34(3,4)40-35(39-33)24-15-13-22(14-16-24)23-19-25-17-18-26(20-23)36(25)32(37)38-21-31-29-11-7-5-9-27(29)28-10-6-8-12-30(28)31/h5-16,19,25-26,31H,17-18,20-21H2,1-4H3. The van der Waals surface area contributed by atoms with E-state index in [1.54, 1.807) is 0 Å². The molecule has 2 atom stereocenters. The van der Waals surface area contributed by atoms with Gasteiger partial charge in [0.25, 0.3) is 0 Å². The minimum Gasteiger partial charge on any atom is -0.448 e. The molecule has 6 heteroatoms. The molecule has 0 saturated carbocycles. The lowest BCUT2D eigenvalue weighted by Crippen LogP contribution is -2.43. The highest BCUT2D eigenvalue weighted by atomic mass is 16.7. The molecular formula is C34H36BNO4. The first-order valence-electron chi connectivity index (χ1n) is 14.5. The predicted molar refractivity (Wildman–Crippen MR) is 158 cm³/mol. The van der Waals surface area contributed by atoms with Crippen molar-refractivity contribution in [3.05, 3.63) is 95.6 Å². The first-order valence-corrected chi connectivity index (χ1v) is 14.5. The highest BCUT2D eigenvalue weighted by molar-refractivity contribution is 6.62. The normalized spacial score (nSPS) is 24.1. The molecule has 2 fully saturated rings. The average Bonchev–Trinajstić information content (AvgIpc) is 3.50. The minimum atomic E-state index is -0.361. The summed E-state index contributed by atoms with van der Waals surface area (Å²) in [5, 5.41) is 0. The van der Waals surface area contributed by atoms with E-state index in [1.165, 1.54) is 33.4 Å². The largest absolute Gasteiger partial charge is 0.494 e. The molecule has 7 rings (SSSR count). The van der Waals surface area contributed by atoms with E-state index in [0.717, 1.165) is 24.7 Å². The van der Waals surface area contributed by atoms with Gasteiger partial charge >= 0.3 is 13.2 Å². The Labute approximate surface area is 237 Å². The quantitative estimate of drug-likeness (QED) is 0.357. The Morgan fingerprint density at radius 3 is 2.08 bits per heavy atom. The van der Waals surface area contributed by atoms with E-state index < -0.39 is 0 Å². The molecule has 3 heterocycles. The summed E-state index contributed by atoms with van der Waals surface area (Å²) in [5.74, 6) is 0.0763. The van der Waals surface area contributed by atoms with Crippen LogP contribution in [0.2, 0.25) is 0 Å². The van der Waals surface area contributed by atoms with E-state index >= 15 is 0 Å². The van der Waals surface area contributed by atoms with Crippen molar-refractivity contribution in [2.75, 3.05) is 6.61 Å². The first-order chi connectivity index (χ1) is 19.2. The molecule has 1 aliphatic carbocycles. The van der Waals surface area contributed by atoms with Crippen LogP contribution in [0.1, 0.15) is 69.6 Å². The molecule has 2 saturated heterocycles. The van der Waals surface area contributed by atoms with Crippen molar-refractivity contribution < 1.29 is 18.8 Å². The Morgan fingerprint density at radius 1 is 0.875 bits per heavy atom. The van der Waals surface area contributed by atoms with Crippen molar-refractivity contribution >= 4 is 24.2 Å². The summed E-state index contributed by atoms with van der Waals surface area (Å²) < 4.78 is 18.5.